The van der Waals surface area contributed by atoms with E-state index in [1.165, 1.54) is 5.56 Å². The van der Waals surface area contributed by atoms with E-state index in [1.54, 1.807) is 7.11 Å². The van der Waals surface area contributed by atoms with Crippen molar-refractivity contribution in [2.45, 2.75) is 26.9 Å². The van der Waals surface area contributed by atoms with Crippen LogP contribution in [0, 0.1) is 13.8 Å². The molecule has 0 saturated carbocycles. The van der Waals surface area contributed by atoms with Crippen molar-refractivity contribution >= 4 is 0 Å². The Kier molecular flexibility index (Phi) is 4.16. The Balaban J connectivity index is 2.31. The van der Waals surface area contributed by atoms with Gasteiger partial charge in [-0.15, -0.1) is 0 Å². The fourth-order valence-electron chi connectivity index (χ4n) is 2.14. The highest BCUT2D eigenvalue weighted by molar-refractivity contribution is 5.37. The molecule has 0 unspecified atom stereocenters. The summed E-state index contributed by atoms with van der Waals surface area (Å²) in [6, 6.07) is 6.21. The van der Waals surface area contributed by atoms with Gasteiger partial charge in [-0.3, -0.25) is 0 Å². The molecule has 102 valence electrons. The third kappa shape index (κ3) is 3.12. The monoisotopic (exact) mass is 260 g/mol. The Morgan fingerprint density at radius 3 is 2.68 bits per heavy atom. The second-order valence-electron chi connectivity index (χ2n) is 4.54. The molecule has 0 bridgehead atoms. The second kappa shape index (κ2) is 5.84. The van der Waals surface area contributed by atoms with Crippen LogP contribution in [0.15, 0.2) is 18.2 Å². The van der Waals surface area contributed by atoms with Crippen LogP contribution in [0.4, 0.5) is 0 Å². The summed E-state index contributed by atoms with van der Waals surface area (Å²) in [5.41, 5.74) is 2.34. The Bertz CT molecular complexity index is 563. The summed E-state index contributed by atoms with van der Waals surface area (Å²) < 4.78 is 7.31. The van der Waals surface area contributed by atoms with Crippen molar-refractivity contribution in [1.82, 2.24) is 20.1 Å². The molecule has 5 nitrogen and oxygen atoms in total. The summed E-state index contributed by atoms with van der Waals surface area (Å²) in [4.78, 5) is 4.32. The lowest BCUT2D eigenvalue weighted by Crippen LogP contribution is -2.09. The summed E-state index contributed by atoms with van der Waals surface area (Å²) >= 11 is 0. The molecule has 2 rings (SSSR count). The topological polar surface area (TPSA) is 52.0 Å². The summed E-state index contributed by atoms with van der Waals surface area (Å²) in [5.74, 6) is 2.59. The van der Waals surface area contributed by atoms with Gasteiger partial charge in [-0.25, -0.2) is 9.67 Å². The van der Waals surface area contributed by atoms with Crippen LogP contribution in [0.1, 0.15) is 22.8 Å². The number of rotatable bonds is 5. The van der Waals surface area contributed by atoms with Crippen molar-refractivity contribution in [3.8, 4) is 5.75 Å². The van der Waals surface area contributed by atoms with Crippen LogP contribution in [-0.2, 0) is 13.1 Å². The Morgan fingerprint density at radius 1 is 1.32 bits per heavy atom. The lowest BCUT2D eigenvalue weighted by atomic mass is 10.1. The number of methoxy groups -OCH3 is 1. The van der Waals surface area contributed by atoms with Crippen LogP contribution in [0.3, 0.4) is 0 Å². The van der Waals surface area contributed by atoms with Crippen molar-refractivity contribution in [3.05, 3.63) is 41.0 Å². The van der Waals surface area contributed by atoms with Gasteiger partial charge in [0.25, 0.3) is 0 Å². The number of ether oxygens (including phenoxy) is 1. The number of nitrogens with zero attached hydrogens (tertiary/aromatic N) is 3. The van der Waals surface area contributed by atoms with E-state index in [4.69, 9.17) is 4.74 Å². The maximum absolute atomic E-state index is 5.42. The minimum Gasteiger partial charge on any atom is -0.496 e. The van der Waals surface area contributed by atoms with E-state index < -0.39 is 0 Å². The van der Waals surface area contributed by atoms with Gasteiger partial charge in [-0.05, 0) is 38.6 Å². The van der Waals surface area contributed by atoms with E-state index >= 15 is 0 Å². The summed E-state index contributed by atoms with van der Waals surface area (Å²) in [6.07, 6.45) is 0. The van der Waals surface area contributed by atoms with Crippen LogP contribution in [0.5, 0.6) is 5.75 Å². The molecular formula is C14H20N4O. The lowest BCUT2D eigenvalue weighted by molar-refractivity contribution is 0.406. The Morgan fingerprint density at radius 2 is 2.11 bits per heavy atom. The van der Waals surface area contributed by atoms with Gasteiger partial charge in [0.05, 0.1) is 13.7 Å². The number of nitrogens with one attached hydrogen (secondary N) is 1. The highest BCUT2D eigenvalue weighted by Gasteiger charge is 2.08. The smallest absolute Gasteiger partial charge is 0.147 e. The molecule has 0 saturated heterocycles. The summed E-state index contributed by atoms with van der Waals surface area (Å²) in [7, 11) is 3.63. The van der Waals surface area contributed by atoms with Gasteiger partial charge < -0.3 is 10.1 Å². The zero-order valence-electron chi connectivity index (χ0n) is 11.9. The number of benzene rings is 1. The summed E-state index contributed by atoms with van der Waals surface area (Å²) in [5, 5.41) is 7.54. The molecule has 1 heterocycles. The third-order valence-corrected chi connectivity index (χ3v) is 3.01. The number of aromatic nitrogens is 3. The molecule has 5 heteroatoms. The molecule has 0 radical (unpaired) electrons. The Labute approximate surface area is 113 Å². The Hall–Kier alpha value is -1.88. The number of hydrogen-bond donors (Lipinski definition) is 1. The van der Waals surface area contributed by atoms with Gasteiger partial charge in [0, 0.05) is 12.1 Å². The highest BCUT2D eigenvalue weighted by Crippen LogP contribution is 2.21. The van der Waals surface area contributed by atoms with Gasteiger partial charge in [-0.2, -0.15) is 5.10 Å². The predicted octanol–water partition coefficient (Wildman–Crippen LogP) is 1.67. The first-order valence-electron chi connectivity index (χ1n) is 6.32. The average molecular weight is 260 g/mol. The molecule has 0 atom stereocenters. The SMILES string of the molecule is CNCc1ccc(OC)c(Cn2nc(C)nc2C)c1. The maximum atomic E-state index is 5.42. The maximum Gasteiger partial charge on any atom is 0.147 e. The lowest BCUT2D eigenvalue weighted by Gasteiger charge is -2.11. The largest absolute Gasteiger partial charge is 0.496 e. The number of aryl methyl sites for hydroxylation is 2. The fourth-order valence-corrected chi connectivity index (χ4v) is 2.14. The van der Waals surface area contributed by atoms with E-state index in [9.17, 15) is 0 Å². The third-order valence-electron chi connectivity index (χ3n) is 3.01. The zero-order valence-corrected chi connectivity index (χ0v) is 11.9. The predicted molar refractivity (Wildman–Crippen MR) is 74.4 cm³/mol. The fraction of sp³-hybridized carbons (Fsp3) is 0.429. The molecule has 1 aromatic heterocycles. The number of hydrogen-bond acceptors (Lipinski definition) is 4. The zero-order chi connectivity index (χ0) is 13.8. The van der Waals surface area contributed by atoms with Gasteiger partial charge in [-0.1, -0.05) is 6.07 Å². The molecule has 0 aliphatic rings. The summed E-state index contributed by atoms with van der Waals surface area (Å²) in [6.45, 7) is 5.38. The van der Waals surface area contributed by atoms with E-state index in [0.717, 1.165) is 29.5 Å². The van der Waals surface area contributed by atoms with Gasteiger partial charge in [0.2, 0.25) is 0 Å². The normalized spacial score (nSPS) is 10.7. The van der Waals surface area contributed by atoms with Crippen molar-refractivity contribution in [2.24, 2.45) is 0 Å². The molecular weight excluding hydrogens is 240 g/mol. The highest BCUT2D eigenvalue weighted by atomic mass is 16.5. The first kappa shape index (κ1) is 13.5. The van der Waals surface area contributed by atoms with Crippen LogP contribution < -0.4 is 10.1 Å². The molecule has 0 fully saturated rings. The van der Waals surface area contributed by atoms with Crippen molar-refractivity contribution in [3.63, 3.8) is 0 Å². The van der Waals surface area contributed by atoms with Gasteiger partial charge in [0.1, 0.15) is 17.4 Å². The van der Waals surface area contributed by atoms with Gasteiger partial charge in [0.15, 0.2) is 0 Å². The van der Waals surface area contributed by atoms with Crippen LogP contribution in [-0.4, -0.2) is 28.9 Å². The molecule has 1 N–H and O–H groups in total. The van der Waals surface area contributed by atoms with E-state index in [-0.39, 0.29) is 0 Å². The van der Waals surface area contributed by atoms with Crippen LogP contribution in [0.2, 0.25) is 0 Å². The minimum absolute atomic E-state index is 0.674. The van der Waals surface area contributed by atoms with Crippen molar-refractivity contribution in [2.75, 3.05) is 14.2 Å². The molecule has 1 aromatic carbocycles. The second-order valence-corrected chi connectivity index (χ2v) is 4.54. The van der Waals surface area contributed by atoms with Crippen LogP contribution in [0.25, 0.3) is 0 Å². The van der Waals surface area contributed by atoms with Crippen molar-refractivity contribution < 1.29 is 4.74 Å². The van der Waals surface area contributed by atoms with E-state index in [1.807, 2.05) is 31.6 Å². The molecule has 0 aliphatic carbocycles. The quantitative estimate of drug-likeness (QED) is 0.888. The standard InChI is InChI=1S/C14H20N4O/c1-10-16-11(2)18(17-10)9-13-7-12(8-15-3)5-6-14(13)19-4/h5-7,15H,8-9H2,1-4H3. The molecule has 0 spiro atoms. The first-order chi connectivity index (χ1) is 9.13. The molecule has 0 aliphatic heterocycles. The minimum atomic E-state index is 0.674. The molecule has 2 aromatic rings. The first-order valence-corrected chi connectivity index (χ1v) is 6.32. The van der Waals surface area contributed by atoms with Crippen molar-refractivity contribution in [1.29, 1.82) is 0 Å². The van der Waals surface area contributed by atoms with Crippen LogP contribution >= 0.6 is 0 Å². The van der Waals surface area contributed by atoms with Gasteiger partial charge >= 0.3 is 0 Å². The van der Waals surface area contributed by atoms with E-state index in [2.05, 4.69) is 27.5 Å². The van der Waals surface area contributed by atoms with E-state index in [0.29, 0.717) is 6.54 Å². The molecule has 19 heavy (non-hydrogen) atoms. The average Bonchev–Trinajstić information content (AvgIpc) is 2.69. The molecule has 0 amide bonds.